The minimum absolute atomic E-state index is 0.160. The van der Waals surface area contributed by atoms with E-state index in [1.165, 1.54) is 13.1 Å². The van der Waals surface area contributed by atoms with E-state index in [0.29, 0.717) is 0 Å². The van der Waals surface area contributed by atoms with Gasteiger partial charge < -0.3 is 0 Å². The maximum atomic E-state index is 11.6. The van der Waals surface area contributed by atoms with Crippen molar-refractivity contribution in [3.05, 3.63) is 33.9 Å². The van der Waals surface area contributed by atoms with Gasteiger partial charge in [0.25, 0.3) is 5.69 Å². The predicted molar refractivity (Wildman–Crippen MR) is 68.3 cm³/mol. The zero-order valence-electron chi connectivity index (χ0n) is 10.2. The molecule has 0 saturated heterocycles. The van der Waals surface area contributed by atoms with Crippen LogP contribution in [0.2, 0.25) is 0 Å². The van der Waals surface area contributed by atoms with Crippen molar-refractivity contribution in [3.63, 3.8) is 0 Å². The highest BCUT2D eigenvalue weighted by Crippen LogP contribution is 2.47. The summed E-state index contributed by atoms with van der Waals surface area (Å²) in [5, 5.41) is 11.0. The average molecular weight is 270 g/mol. The van der Waals surface area contributed by atoms with Crippen LogP contribution < -0.4 is 4.31 Å². The molecule has 7 heteroatoms. The molecule has 0 bridgehead atoms. The quantitative estimate of drug-likeness (QED) is 0.618. The van der Waals surface area contributed by atoms with Gasteiger partial charge in [0.1, 0.15) is 5.69 Å². The Morgan fingerprint density at radius 2 is 2.00 bits per heavy atom. The normalized spacial score (nSPS) is 15.4. The van der Waals surface area contributed by atoms with Crippen molar-refractivity contribution in [2.45, 2.75) is 18.8 Å². The highest BCUT2D eigenvalue weighted by Gasteiger charge is 2.33. The van der Waals surface area contributed by atoms with E-state index < -0.39 is 14.9 Å². The van der Waals surface area contributed by atoms with Gasteiger partial charge in [0.15, 0.2) is 0 Å². The van der Waals surface area contributed by atoms with E-state index >= 15 is 0 Å². The molecule has 98 valence electrons. The number of hydrogen-bond donors (Lipinski definition) is 0. The molecule has 2 rings (SSSR count). The number of nitro groups is 1. The molecule has 0 radical (unpaired) electrons. The van der Waals surface area contributed by atoms with Crippen LogP contribution >= 0.6 is 0 Å². The van der Waals surface area contributed by atoms with Crippen LogP contribution in [0, 0.1) is 10.1 Å². The zero-order valence-corrected chi connectivity index (χ0v) is 11.0. The minimum Gasteiger partial charge on any atom is -0.266 e. The zero-order chi connectivity index (χ0) is 13.5. The van der Waals surface area contributed by atoms with Gasteiger partial charge in [-0.2, -0.15) is 0 Å². The van der Waals surface area contributed by atoms with E-state index in [0.717, 1.165) is 29.0 Å². The average Bonchev–Trinajstić information content (AvgIpc) is 3.09. The molecule has 1 aromatic carbocycles. The Labute approximate surface area is 105 Å². The molecule has 0 unspecified atom stereocenters. The van der Waals surface area contributed by atoms with Gasteiger partial charge in [-0.05, 0) is 24.3 Å². The number of sulfonamides is 1. The molecule has 1 aromatic rings. The third kappa shape index (κ3) is 2.31. The van der Waals surface area contributed by atoms with Gasteiger partial charge in [0.2, 0.25) is 10.0 Å². The van der Waals surface area contributed by atoms with Crippen molar-refractivity contribution in [3.8, 4) is 0 Å². The van der Waals surface area contributed by atoms with Gasteiger partial charge in [-0.15, -0.1) is 0 Å². The number of rotatable bonds is 4. The second-order valence-electron chi connectivity index (χ2n) is 4.48. The summed E-state index contributed by atoms with van der Waals surface area (Å²) in [4.78, 5) is 10.5. The standard InChI is InChI=1S/C11H14N2O4S/c1-12(18(2,16)17)11-9(8-6-7-8)4-3-5-10(11)13(14)15/h3-5,8H,6-7H2,1-2H3. The molecule has 0 aromatic heterocycles. The van der Waals surface area contributed by atoms with Crippen molar-refractivity contribution >= 4 is 21.4 Å². The summed E-state index contributed by atoms with van der Waals surface area (Å²) in [5.41, 5.74) is 0.789. The first kappa shape index (κ1) is 12.8. The SMILES string of the molecule is CN(c1c(C2CC2)cccc1[N+](=O)[O-])S(C)(=O)=O. The smallest absolute Gasteiger partial charge is 0.266 e. The number of anilines is 1. The van der Waals surface area contributed by atoms with Crippen molar-refractivity contribution in [2.24, 2.45) is 0 Å². The molecule has 1 aliphatic rings. The van der Waals surface area contributed by atoms with E-state index in [1.54, 1.807) is 12.1 Å². The number of hydrogen-bond acceptors (Lipinski definition) is 4. The highest BCUT2D eigenvalue weighted by molar-refractivity contribution is 7.92. The molecule has 0 aliphatic heterocycles. The largest absolute Gasteiger partial charge is 0.293 e. The van der Waals surface area contributed by atoms with E-state index in [2.05, 4.69) is 0 Å². The van der Waals surface area contributed by atoms with Crippen molar-refractivity contribution in [1.29, 1.82) is 0 Å². The van der Waals surface area contributed by atoms with Gasteiger partial charge in [-0.3, -0.25) is 14.4 Å². The molecule has 0 atom stereocenters. The first-order chi connectivity index (χ1) is 8.32. The van der Waals surface area contributed by atoms with Crippen LogP contribution in [0.3, 0.4) is 0 Å². The predicted octanol–water partition coefficient (Wildman–Crippen LogP) is 1.87. The molecule has 0 spiro atoms. The van der Waals surface area contributed by atoms with Crippen LogP contribution in [0.1, 0.15) is 24.3 Å². The third-order valence-corrected chi connectivity index (χ3v) is 4.25. The second-order valence-corrected chi connectivity index (χ2v) is 6.49. The molecule has 6 nitrogen and oxygen atoms in total. The van der Waals surface area contributed by atoms with Crippen LogP contribution in [-0.4, -0.2) is 26.6 Å². The Morgan fingerprint density at radius 1 is 1.39 bits per heavy atom. The van der Waals surface area contributed by atoms with Gasteiger partial charge in [0, 0.05) is 13.1 Å². The number of nitro benzene ring substituents is 1. The Morgan fingerprint density at radius 3 is 2.44 bits per heavy atom. The molecule has 1 fully saturated rings. The molecule has 1 saturated carbocycles. The van der Waals surface area contributed by atoms with E-state index in [4.69, 9.17) is 0 Å². The fourth-order valence-corrected chi connectivity index (χ4v) is 2.46. The monoisotopic (exact) mass is 270 g/mol. The summed E-state index contributed by atoms with van der Waals surface area (Å²) in [6, 6.07) is 4.70. The maximum absolute atomic E-state index is 11.6. The Balaban J connectivity index is 2.64. The highest BCUT2D eigenvalue weighted by atomic mass is 32.2. The molecule has 0 heterocycles. The van der Waals surface area contributed by atoms with E-state index in [-0.39, 0.29) is 17.3 Å². The van der Waals surface area contributed by atoms with Gasteiger partial charge in [-0.1, -0.05) is 12.1 Å². The molecular weight excluding hydrogens is 256 g/mol. The first-order valence-corrected chi connectivity index (χ1v) is 7.38. The van der Waals surface area contributed by atoms with Gasteiger partial charge in [-0.25, -0.2) is 8.42 Å². The number of benzene rings is 1. The summed E-state index contributed by atoms with van der Waals surface area (Å²) < 4.78 is 24.2. The van der Waals surface area contributed by atoms with Crippen LogP contribution in [0.25, 0.3) is 0 Å². The van der Waals surface area contributed by atoms with Crippen LogP contribution in [0.15, 0.2) is 18.2 Å². The lowest BCUT2D eigenvalue weighted by Gasteiger charge is -2.19. The lowest BCUT2D eigenvalue weighted by molar-refractivity contribution is -0.384. The van der Waals surface area contributed by atoms with Crippen LogP contribution in [0.5, 0.6) is 0 Å². The van der Waals surface area contributed by atoms with Crippen molar-refractivity contribution in [1.82, 2.24) is 0 Å². The summed E-state index contributed by atoms with van der Waals surface area (Å²) >= 11 is 0. The molecular formula is C11H14N2O4S. The summed E-state index contributed by atoms with van der Waals surface area (Å²) in [7, 11) is -2.16. The third-order valence-electron chi connectivity index (χ3n) is 3.07. The summed E-state index contributed by atoms with van der Waals surface area (Å²) in [6.07, 6.45) is 2.94. The van der Waals surface area contributed by atoms with Crippen LogP contribution in [0.4, 0.5) is 11.4 Å². The molecule has 1 aliphatic carbocycles. The fourth-order valence-electron chi connectivity index (χ4n) is 1.93. The molecule has 0 amide bonds. The number of para-hydroxylation sites is 1. The van der Waals surface area contributed by atoms with Crippen molar-refractivity contribution in [2.75, 3.05) is 17.6 Å². The summed E-state index contributed by atoms with van der Waals surface area (Å²) in [5.74, 6) is 0.240. The van der Waals surface area contributed by atoms with Crippen molar-refractivity contribution < 1.29 is 13.3 Å². The molecule has 18 heavy (non-hydrogen) atoms. The Kier molecular flexibility index (Phi) is 3.02. The molecule has 0 N–H and O–H groups in total. The lowest BCUT2D eigenvalue weighted by Crippen LogP contribution is -2.26. The Bertz CT molecular complexity index is 593. The Hall–Kier alpha value is -1.63. The topological polar surface area (TPSA) is 80.5 Å². The second kappa shape index (κ2) is 4.24. The first-order valence-electron chi connectivity index (χ1n) is 5.53. The lowest BCUT2D eigenvalue weighted by atomic mass is 10.1. The minimum atomic E-state index is -3.51. The fraction of sp³-hybridized carbons (Fsp3) is 0.455. The van der Waals surface area contributed by atoms with E-state index in [1.807, 2.05) is 0 Å². The van der Waals surface area contributed by atoms with Gasteiger partial charge >= 0.3 is 0 Å². The summed E-state index contributed by atoms with van der Waals surface area (Å²) in [6.45, 7) is 0. The van der Waals surface area contributed by atoms with Gasteiger partial charge in [0.05, 0.1) is 11.2 Å². The number of nitrogens with zero attached hydrogens (tertiary/aromatic N) is 2. The van der Waals surface area contributed by atoms with Crippen LogP contribution in [-0.2, 0) is 10.0 Å². The maximum Gasteiger partial charge on any atom is 0.293 e. The van der Waals surface area contributed by atoms with E-state index in [9.17, 15) is 18.5 Å².